The van der Waals surface area contributed by atoms with Crippen molar-refractivity contribution >= 4 is 27.4 Å². The standard InChI is InChI=1S/C14H18N4S/c1-9-15-13(11-4-6-19-14(11)16-9)18-7-10-3-5-17(2)12(10)8-18/h4,6,10,12H,3,5,7-8H2,1-2H3/t10-,12+/m1/s1. The third-order valence-corrected chi connectivity index (χ3v) is 5.35. The lowest BCUT2D eigenvalue weighted by atomic mass is 10.1. The van der Waals surface area contributed by atoms with Crippen molar-refractivity contribution in [3.8, 4) is 0 Å². The summed E-state index contributed by atoms with van der Waals surface area (Å²) in [5.74, 6) is 2.84. The van der Waals surface area contributed by atoms with Gasteiger partial charge < -0.3 is 9.80 Å². The molecule has 4 nitrogen and oxygen atoms in total. The summed E-state index contributed by atoms with van der Waals surface area (Å²) in [6.07, 6.45) is 1.33. The van der Waals surface area contributed by atoms with Gasteiger partial charge in [0.05, 0.1) is 5.39 Å². The summed E-state index contributed by atoms with van der Waals surface area (Å²) in [6, 6.07) is 2.87. The number of hydrogen-bond acceptors (Lipinski definition) is 5. The summed E-state index contributed by atoms with van der Waals surface area (Å²) in [7, 11) is 2.25. The lowest BCUT2D eigenvalue weighted by molar-refractivity contribution is 0.310. The maximum atomic E-state index is 4.71. The van der Waals surface area contributed by atoms with Crippen molar-refractivity contribution in [3.05, 3.63) is 17.3 Å². The highest BCUT2D eigenvalue weighted by Gasteiger charge is 2.40. The zero-order chi connectivity index (χ0) is 13.0. The minimum Gasteiger partial charge on any atom is -0.354 e. The lowest BCUT2D eigenvalue weighted by Crippen LogP contribution is -2.32. The fraction of sp³-hybridized carbons (Fsp3) is 0.571. The van der Waals surface area contributed by atoms with E-state index >= 15 is 0 Å². The van der Waals surface area contributed by atoms with Gasteiger partial charge in [0.2, 0.25) is 0 Å². The second-order valence-corrected chi connectivity index (χ2v) is 6.63. The summed E-state index contributed by atoms with van der Waals surface area (Å²) in [5.41, 5.74) is 0. The number of thiophene rings is 1. The van der Waals surface area contributed by atoms with Gasteiger partial charge in [-0.25, -0.2) is 9.97 Å². The third-order valence-electron chi connectivity index (χ3n) is 4.54. The zero-order valence-electron chi connectivity index (χ0n) is 11.3. The van der Waals surface area contributed by atoms with E-state index in [4.69, 9.17) is 4.98 Å². The van der Waals surface area contributed by atoms with Gasteiger partial charge in [0, 0.05) is 19.1 Å². The number of hydrogen-bond donors (Lipinski definition) is 0. The molecule has 0 saturated carbocycles. The second-order valence-electron chi connectivity index (χ2n) is 5.74. The number of likely N-dealkylation sites (tertiary alicyclic amines) is 1. The Kier molecular flexibility index (Phi) is 2.53. The van der Waals surface area contributed by atoms with Crippen LogP contribution in [0.1, 0.15) is 12.2 Å². The van der Waals surface area contributed by atoms with Gasteiger partial charge in [-0.05, 0) is 44.3 Å². The van der Waals surface area contributed by atoms with Crippen LogP contribution in [0.5, 0.6) is 0 Å². The van der Waals surface area contributed by atoms with E-state index in [9.17, 15) is 0 Å². The molecule has 0 radical (unpaired) electrons. The third kappa shape index (κ3) is 1.75. The zero-order valence-corrected chi connectivity index (χ0v) is 12.2. The van der Waals surface area contributed by atoms with Gasteiger partial charge in [-0.2, -0.15) is 0 Å². The van der Waals surface area contributed by atoms with E-state index in [1.807, 2.05) is 6.92 Å². The van der Waals surface area contributed by atoms with E-state index in [2.05, 4.69) is 33.3 Å². The number of nitrogens with zero attached hydrogens (tertiary/aromatic N) is 4. The first-order valence-electron chi connectivity index (χ1n) is 6.89. The van der Waals surface area contributed by atoms with Crippen LogP contribution in [0.2, 0.25) is 0 Å². The van der Waals surface area contributed by atoms with Crippen molar-refractivity contribution in [2.45, 2.75) is 19.4 Å². The van der Waals surface area contributed by atoms with Crippen LogP contribution in [0.25, 0.3) is 10.2 Å². The predicted octanol–water partition coefficient (Wildman–Crippen LogP) is 2.14. The molecule has 2 aliphatic heterocycles. The van der Waals surface area contributed by atoms with Gasteiger partial charge >= 0.3 is 0 Å². The molecule has 100 valence electrons. The maximum Gasteiger partial charge on any atom is 0.141 e. The van der Waals surface area contributed by atoms with Gasteiger partial charge in [-0.15, -0.1) is 11.3 Å². The minimum atomic E-state index is 0.712. The van der Waals surface area contributed by atoms with Crippen LogP contribution in [-0.4, -0.2) is 47.6 Å². The van der Waals surface area contributed by atoms with Crippen LogP contribution in [0, 0.1) is 12.8 Å². The molecule has 0 spiro atoms. The molecule has 0 N–H and O–H groups in total. The van der Waals surface area contributed by atoms with Crippen molar-refractivity contribution in [1.82, 2.24) is 14.9 Å². The molecule has 0 unspecified atom stereocenters. The fourth-order valence-electron chi connectivity index (χ4n) is 3.53. The molecule has 0 aromatic carbocycles. The number of aryl methyl sites for hydroxylation is 1. The number of rotatable bonds is 1. The average molecular weight is 274 g/mol. The van der Waals surface area contributed by atoms with Gasteiger partial charge in [0.25, 0.3) is 0 Å². The molecule has 2 fully saturated rings. The average Bonchev–Trinajstić information content (AvgIpc) is 3.05. The fourth-order valence-corrected chi connectivity index (χ4v) is 4.33. The van der Waals surface area contributed by atoms with Crippen LogP contribution >= 0.6 is 11.3 Å². The molecule has 5 heteroatoms. The Morgan fingerprint density at radius 1 is 1.32 bits per heavy atom. The molecule has 0 bridgehead atoms. The molecule has 2 aromatic heterocycles. The molecule has 4 rings (SSSR count). The van der Waals surface area contributed by atoms with Gasteiger partial charge in [-0.1, -0.05) is 0 Å². The Morgan fingerprint density at radius 2 is 2.21 bits per heavy atom. The molecule has 2 aromatic rings. The van der Waals surface area contributed by atoms with Crippen molar-refractivity contribution in [2.24, 2.45) is 5.92 Å². The molecule has 2 saturated heterocycles. The van der Waals surface area contributed by atoms with E-state index in [1.165, 1.54) is 18.4 Å². The molecule has 4 heterocycles. The Hall–Kier alpha value is -1.20. The molecule has 19 heavy (non-hydrogen) atoms. The first-order valence-corrected chi connectivity index (χ1v) is 7.77. The van der Waals surface area contributed by atoms with Gasteiger partial charge in [0.15, 0.2) is 0 Å². The first-order chi connectivity index (χ1) is 9.22. The molecule has 2 atom stereocenters. The summed E-state index contributed by atoms with van der Waals surface area (Å²) >= 11 is 1.71. The Morgan fingerprint density at radius 3 is 3.05 bits per heavy atom. The number of anilines is 1. The van der Waals surface area contributed by atoms with Crippen molar-refractivity contribution in [1.29, 1.82) is 0 Å². The normalized spacial score (nSPS) is 27.4. The van der Waals surface area contributed by atoms with Crippen LogP contribution < -0.4 is 4.90 Å². The second kappa shape index (κ2) is 4.15. The number of likely N-dealkylation sites (N-methyl/N-ethyl adjacent to an activating group) is 1. The van der Waals surface area contributed by atoms with Crippen LogP contribution in [0.15, 0.2) is 11.4 Å². The minimum absolute atomic E-state index is 0.712. The maximum absolute atomic E-state index is 4.71. The molecule has 0 aliphatic carbocycles. The summed E-state index contributed by atoms with van der Waals surface area (Å²) < 4.78 is 0. The lowest BCUT2D eigenvalue weighted by Gasteiger charge is -2.22. The number of fused-ring (bicyclic) bond motifs is 2. The predicted molar refractivity (Wildman–Crippen MR) is 78.9 cm³/mol. The van der Waals surface area contributed by atoms with Crippen LogP contribution in [0.4, 0.5) is 5.82 Å². The number of aromatic nitrogens is 2. The smallest absolute Gasteiger partial charge is 0.141 e. The molecule has 0 amide bonds. The topological polar surface area (TPSA) is 32.3 Å². The summed E-state index contributed by atoms with van der Waals surface area (Å²) in [6.45, 7) is 5.50. The van der Waals surface area contributed by atoms with Gasteiger partial charge in [0.1, 0.15) is 16.5 Å². The highest BCUT2D eigenvalue weighted by Crippen LogP contribution is 2.35. The first kappa shape index (κ1) is 11.6. The largest absolute Gasteiger partial charge is 0.354 e. The SMILES string of the molecule is Cc1nc(N2C[C@H]3CCN(C)[C@H]3C2)c2ccsc2n1. The van der Waals surface area contributed by atoms with Crippen LogP contribution in [0.3, 0.4) is 0 Å². The van der Waals surface area contributed by atoms with E-state index in [1.54, 1.807) is 11.3 Å². The summed E-state index contributed by atoms with van der Waals surface area (Å²) in [5, 5.41) is 3.34. The monoisotopic (exact) mass is 274 g/mol. The van der Waals surface area contributed by atoms with E-state index in [-0.39, 0.29) is 0 Å². The highest BCUT2D eigenvalue weighted by molar-refractivity contribution is 7.16. The quantitative estimate of drug-likeness (QED) is 0.797. The Labute approximate surface area is 117 Å². The van der Waals surface area contributed by atoms with E-state index in [0.29, 0.717) is 6.04 Å². The molecular formula is C14H18N4S. The van der Waals surface area contributed by atoms with E-state index < -0.39 is 0 Å². The Bertz CT molecular complexity index is 623. The van der Waals surface area contributed by atoms with Crippen molar-refractivity contribution in [3.63, 3.8) is 0 Å². The van der Waals surface area contributed by atoms with Gasteiger partial charge in [-0.3, -0.25) is 0 Å². The molecular weight excluding hydrogens is 256 g/mol. The van der Waals surface area contributed by atoms with E-state index in [0.717, 1.165) is 35.5 Å². The van der Waals surface area contributed by atoms with Crippen molar-refractivity contribution in [2.75, 3.05) is 31.6 Å². The summed E-state index contributed by atoms with van der Waals surface area (Å²) in [4.78, 5) is 15.3. The van der Waals surface area contributed by atoms with Crippen molar-refractivity contribution < 1.29 is 0 Å². The molecule has 2 aliphatic rings. The Balaban J connectivity index is 1.74. The van der Waals surface area contributed by atoms with Crippen LogP contribution in [-0.2, 0) is 0 Å². The highest BCUT2D eigenvalue weighted by atomic mass is 32.1.